The molecule has 0 spiro atoms. The van der Waals surface area contributed by atoms with E-state index in [0.29, 0.717) is 31.1 Å². The zero-order valence-electron chi connectivity index (χ0n) is 14.1. The standard InChI is InChI=1S/C18H19N5O3/c24-17(16-9-26-11-22-16)19-8-12-3-5-23(6-4-12)18(25)13-1-2-14-15(7-13)21-10-20-14/h1-2,7,9-12H,3-6,8H2,(H,19,24)(H,20,21). The van der Waals surface area contributed by atoms with Crippen molar-refractivity contribution < 1.29 is 14.0 Å². The van der Waals surface area contributed by atoms with Crippen molar-refractivity contribution >= 4 is 22.8 Å². The maximum absolute atomic E-state index is 12.7. The van der Waals surface area contributed by atoms with E-state index in [1.165, 1.54) is 12.7 Å². The van der Waals surface area contributed by atoms with Gasteiger partial charge in [0.15, 0.2) is 12.1 Å². The molecule has 2 N–H and O–H groups in total. The first-order valence-electron chi connectivity index (χ1n) is 8.59. The summed E-state index contributed by atoms with van der Waals surface area (Å²) in [6, 6.07) is 5.51. The second-order valence-corrected chi connectivity index (χ2v) is 6.45. The van der Waals surface area contributed by atoms with Crippen LogP contribution in [0, 0.1) is 5.92 Å². The molecule has 0 atom stereocenters. The lowest BCUT2D eigenvalue weighted by molar-refractivity contribution is 0.0684. The molecule has 134 valence electrons. The highest BCUT2D eigenvalue weighted by atomic mass is 16.3. The molecule has 0 aliphatic carbocycles. The van der Waals surface area contributed by atoms with E-state index in [0.717, 1.165) is 23.9 Å². The van der Waals surface area contributed by atoms with Crippen LogP contribution in [0.15, 0.2) is 41.6 Å². The van der Waals surface area contributed by atoms with Gasteiger partial charge in [0.1, 0.15) is 6.26 Å². The highest BCUT2D eigenvalue weighted by Crippen LogP contribution is 2.20. The molecule has 0 saturated carbocycles. The number of piperidine rings is 1. The van der Waals surface area contributed by atoms with Crippen LogP contribution in [0.3, 0.4) is 0 Å². The van der Waals surface area contributed by atoms with Crippen molar-refractivity contribution in [1.29, 1.82) is 0 Å². The van der Waals surface area contributed by atoms with E-state index in [-0.39, 0.29) is 17.5 Å². The number of hydrogen-bond donors (Lipinski definition) is 2. The van der Waals surface area contributed by atoms with Gasteiger partial charge in [-0.3, -0.25) is 9.59 Å². The molecule has 8 heteroatoms. The molecule has 1 fully saturated rings. The van der Waals surface area contributed by atoms with E-state index in [2.05, 4.69) is 20.3 Å². The number of H-pyrrole nitrogens is 1. The molecule has 4 rings (SSSR count). The summed E-state index contributed by atoms with van der Waals surface area (Å²) in [5, 5.41) is 2.87. The molecule has 2 amide bonds. The van der Waals surface area contributed by atoms with Gasteiger partial charge in [0.25, 0.3) is 11.8 Å². The average molecular weight is 353 g/mol. The van der Waals surface area contributed by atoms with Crippen molar-refractivity contribution in [3.05, 3.63) is 48.4 Å². The van der Waals surface area contributed by atoms with E-state index in [1.807, 2.05) is 23.1 Å². The Kier molecular flexibility index (Phi) is 4.39. The minimum Gasteiger partial charge on any atom is -0.451 e. The number of aromatic amines is 1. The van der Waals surface area contributed by atoms with E-state index in [1.54, 1.807) is 6.33 Å². The minimum absolute atomic E-state index is 0.0339. The normalized spacial score (nSPS) is 15.3. The Balaban J connectivity index is 1.30. The lowest BCUT2D eigenvalue weighted by atomic mass is 9.96. The third-order valence-electron chi connectivity index (χ3n) is 4.79. The molecule has 0 unspecified atom stereocenters. The SMILES string of the molecule is O=C(NCC1CCN(C(=O)c2ccc3nc[nH]c3c2)CC1)c1cocn1. The van der Waals surface area contributed by atoms with E-state index in [9.17, 15) is 9.59 Å². The third-order valence-corrected chi connectivity index (χ3v) is 4.79. The molecule has 1 aromatic carbocycles. The van der Waals surface area contributed by atoms with Crippen molar-refractivity contribution in [1.82, 2.24) is 25.2 Å². The molecule has 3 aromatic rings. The van der Waals surface area contributed by atoms with Gasteiger partial charge in [0.2, 0.25) is 0 Å². The van der Waals surface area contributed by atoms with Gasteiger partial charge in [-0.05, 0) is 37.0 Å². The summed E-state index contributed by atoms with van der Waals surface area (Å²) >= 11 is 0. The highest BCUT2D eigenvalue weighted by Gasteiger charge is 2.24. The molecule has 3 heterocycles. The van der Waals surface area contributed by atoms with Crippen LogP contribution in [-0.2, 0) is 0 Å². The van der Waals surface area contributed by atoms with Gasteiger partial charge < -0.3 is 19.6 Å². The second-order valence-electron chi connectivity index (χ2n) is 6.45. The van der Waals surface area contributed by atoms with Gasteiger partial charge >= 0.3 is 0 Å². The molecular formula is C18H19N5O3. The average Bonchev–Trinajstić information content (AvgIpc) is 3.37. The molecular weight excluding hydrogens is 334 g/mol. The summed E-state index contributed by atoms with van der Waals surface area (Å²) in [7, 11) is 0. The Labute approximate surface area is 149 Å². The van der Waals surface area contributed by atoms with Crippen molar-refractivity contribution in [3.8, 4) is 0 Å². The quantitative estimate of drug-likeness (QED) is 0.745. The fourth-order valence-corrected chi connectivity index (χ4v) is 3.24. The van der Waals surface area contributed by atoms with Gasteiger partial charge in [0, 0.05) is 25.2 Å². The Hall–Kier alpha value is -3.16. The van der Waals surface area contributed by atoms with Crippen molar-refractivity contribution in [3.63, 3.8) is 0 Å². The number of imidazole rings is 1. The highest BCUT2D eigenvalue weighted by molar-refractivity contribution is 5.97. The Bertz CT molecular complexity index is 910. The first kappa shape index (κ1) is 16.3. The van der Waals surface area contributed by atoms with Crippen LogP contribution < -0.4 is 5.32 Å². The summed E-state index contributed by atoms with van der Waals surface area (Å²) in [6.45, 7) is 1.95. The monoisotopic (exact) mass is 353 g/mol. The number of amides is 2. The molecule has 1 saturated heterocycles. The van der Waals surface area contributed by atoms with Gasteiger partial charge in [-0.1, -0.05) is 0 Å². The number of carbonyl (C=O) groups excluding carboxylic acids is 2. The maximum atomic E-state index is 12.7. The number of fused-ring (bicyclic) bond motifs is 1. The summed E-state index contributed by atoms with van der Waals surface area (Å²) in [4.78, 5) is 37.5. The smallest absolute Gasteiger partial charge is 0.273 e. The predicted molar refractivity (Wildman–Crippen MR) is 93.6 cm³/mol. The van der Waals surface area contributed by atoms with E-state index >= 15 is 0 Å². The largest absolute Gasteiger partial charge is 0.451 e. The van der Waals surface area contributed by atoms with Crippen molar-refractivity contribution in [2.75, 3.05) is 19.6 Å². The summed E-state index contributed by atoms with van der Waals surface area (Å²) in [5.41, 5.74) is 2.66. The predicted octanol–water partition coefficient (Wildman–Crippen LogP) is 1.83. The number of carbonyl (C=O) groups is 2. The van der Waals surface area contributed by atoms with Gasteiger partial charge in [-0.15, -0.1) is 0 Å². The Morgan fingerprint density at radius 3 is 2.88 bits per heavy atom. The molecule has 0 radical (unpaired) electrons. The lowest BCUT2D eigenvalue weighted by Gasteiger charge is -2.32. The second kappa shape index (κ2) is 6.99. The minimum atomic E-state index is -0.231. The zero-order valence-corrected chi connectivity index (χ0v) is 14.1. The fraction of sp³-hybridized carbons (Fsp3) is 0.333. The van der Waals surface area contributed by atoms with E-state index < -0.39 is 0 Å². The van der Waals surface area contributed by atoms with Gasteiger partial charge in [0.05, 0.1) is 17.4 Å². The van der Waals surface area contributed by atoms with Crippen LogP contribution in [0.1, 0.15) is 33.7 Å². The van der Waals surface area contributed by atoms with Crippen LogP contribution in [0.25, 0.3) is 11.0 Å². The fourth-order valence-electron chi connectivity index (χ4n) is 3.24. The molecule has 26 heavy (non-hydrogen) atoms. The first-order chi connectivity index (χ1) is 12.7. The lowest BCUT2D eigenvalue weighted by Crippen LogP contribution is -2.41. The van der Waals surface area contributed by atoms with Crippen LogP contribution in [-0.4, -0.2) is 51.3 Å². The van der Waals surface area contributed by atoms with Crippen molar-refractivity contribution in [2.24, 2.45) is 5.92 Å². The number of nitrogens with one attached hydrogen (secondary N) is 2. The number of rotatable bonds is 4. The van der Waals surface area contributed by atoms with Gasteiger partial charge in [-0.2, -0.15) is 0 Å². The van der Waals surface area contributed by atoms with Crippen LogP contribution in [0.2, 0.25) is 0 Å². The number of benzene rings is 1. The molecule has 0 bridgehead atoms. The topological polar surface area (TPSA) is 104 Å². The summed E-state index contributed by atoms with van der Waals surface area (Å²) < 4.78 is 4.81. The molecule has 8 nitrogen and oxygen atoms in total. The number of oxazole rings is 1. The Morgan fingerprint density at radius 1 is 1.27 bits per heavy atom. The Morgan fingerprint density at radius 2 is 2.12 bits per heavy atom. The summed E-state index contributed by atoms with van der Waals surface area (Å²) in [5.74, 6) is 0.154. The van der Waals surface area contributed by atoms with Crippen molar-refractivity contribution in [2.45, 2.75) is 12.8 Å². The van der Waals surface area contributed by atoms with Crippen LogP contribution >= 0.6 is 0 Å². The van der Waals surface area contributed by atoms with E-state index in [4.69, 9.17) is 4.42 Å². The number of hydrogen-bond acceptors (Lipinski definition) is 5. The van der Waals surface area contributed by atoms with Crippen LogP contribution in [0.5, 0.6) is 0 Å². The van der Waals surface area contributed by atoms with Gasteiger partial charge in [-0.25, -0.2) is 9.97 Å². The third kappa shape index (κ3) is 3.30. The molecule has 1 aliphatic heterocycles. The number of aromatic nitrogens is 3. The number of likely N-dealkylation sites (tertiary alicyclic amines) is 1. The maximum Gasteiger partial charge on any atom is 0.273 e. The number of nitrogens with zero attached hydrogens (tertiary/aromatic N) is 3. The first-order valence-corrected chi connectivity index (χ1v) is 8.59. The summed E-state index contributed by atoms with van der Waals surface area (Å²) in [6.07, 6.45) is 5.90. The van der Waals surface area contributed by atoms with Crippen LogP contribution in [0.4, 0.5) is 0 Å². The molecule has 2 aromatic heterocycles. The zero-order chi connectivity index (χ0) is 17.9. The molecule has 1 aliphatic rings.